The molecule has 0 aliphatic carbocycles. The van der Waals surface area contributed by atoms with Crippen molar-refractivity contribution < 1.29 is 4.52 Å². The molecule has 6 heteroatoms. The molecule has 1 aliphatic heterocycles. The van der Waals surface area contributed by atoms with Crippen molar-refractivity contribution in [2.45, 2.75) is 25.7 Å². The Labute approximate surface area is 110 Å². The van der Waals surface area contributed by atoms with Gasteiger partial charge in [0, 0.05) is 12.6 Å². The highest BCUT2D eigenvalue weighted by atomic mass is 32.1. The third-order valence-electron chi connectivity index (χ3n) is 3.35. The fourth-order valence-corrected chi connectivity index (χ4v) is 2.83. The van der Waals surface area contributed by atoms with Gasteiger partial charge >= 0.3 is 0 Å². The van der Waals surface area contributed by atoms with Gasteiger partial charge in [0.1, 0.15) is 0 Å². The molecule has 96 valence electrons. The summed E-state index contributed by atoms with van der Waals surface area (Å²) in [6.45, 7) is 2.28. The normalized spacial score (nSPS) is 17.1. The molecule has 0 atom stereocenters. The molecular weight excluding hydrogens is 248 g/mol. The van der Waals surface area contributed by atoms with Crippen molar-refractivity contribution in [3.05, 3.63) is 17.6 Å². The van der Waals surface area contributed by atoms with Crippen molar-refractivity contribution in [3.63, 3.8) is 0 Å². The molecule has 0 unspecified atom stereocenters. The average Bonchev–Trinajstić information content (AvgIpc) is 3.08. The van der Waals surface area contributed by atoms with Crippen LogP contribution in [0, 0.1) is 5.92 Å². The SMILES string of the molecule is c1ncc(-c2noc(CCC3CCNCC3)n2)s1. The molecule has 2 aromatic heterocycles. The number of aryl methyl sites for hydroxylation is 1. The molecule has 0 amide bonds. The largest absolute Gasteiger partial charge is 0.339 e. The van der Waals surface area contributed by atoms with Gasteiger partial charge in [-0.1, -0.05) is 5.16 Å². The Morgan fingerprint density at radius 1 is 1.39 bits per heavy atom. The fourth-order valence-electron chi connectivity index (χ4n) is 2.28. The summed E-state index contributed by atoms with van der Waals surface area (Å²) in [5, 5.41) is 7.37. The predicted octanol–water partition coefficient (Wildman–Crippen LogP) is 2.13. The smallest absolute Gasteiger partial charge is 0.226 e. The zero-order valence-electron chi connectivity index (χ0n) is 10.1. The van der Waals surface area contributed by atoms with Crippen LogP contribution in [0.4, 0.5) is 0 Å². The van der Waals surface area contributed by atoms with Crippen LogP contribution in [0.25, 0.3) is 10.7 Å². The lowest BCUT2D eigenvalue weighted by atomic mass is 9.93. The number of rotatable bonds is 4. The summed E-state index contributed by atoms with van der Waals surface area (Å²) in [5.74, 6) is 2.21. The topological polar surface area (TPSA) is 63.8 Å². The third-order valence-corrected chi connectivity index (χ3v) is 4.12. The van der Waals surface area contributed by atoms with E-state index in [0.717, 1.165) is 42.6 Å². The first-order valence-electron chi connectivity index (χ1n) is 6.34. The maximum absolute atomic E-state index is 5.28. The highest BCUT2D eigenvalue weighted by Crippen LogP contribution is 2.22. The van der Waals surface area contributed by atoms with Crippen LogP contribution in [0.1, 0.15) is 25.2 Å². The Morgan fingerprint density at radius 2 is 2.28 bits per heavy atom. The lowest BCUT2D eigenvalue weighted by Crippen LogP contribution is -2.27. The third kappa shape index (κ3) is 2.76. The van der Waals surface area contributed by atoms with Crippen molar-refractivity contribution in [3.8, 4) is 10.7 Å². The molecule has 1 N–H and O–H groups in total. The summed E-state index contributed by atoms with van der Waals surface area (Å²) in [6.07, 6.45) is 6.32. The minimum absolute atomic E-state index is 0.665. The highest BCUT2D eigenvalue weighted by Gasteiger charge is 2.15. The Kier molecular flexibility index (Phi) is 3.66. The first kappa shape index (κ1) is 11.8. The lowest BCUT2D eigenvalue weighted by molar-refractivity contribution is 0.324. The quantitative estimate of drug-likeness (QED) is 0.916. The number of hydrogen-bond donors (Lipinski definition) is 1. The van der Waals surface area contributed by atoms with Crippen LogP contribution in [-0.4, -0.2) is 28.2 Å². The van der Waals surface area contributed by atoms with Gasteiger partial charge in [-0.15, -0.1) is 11.3 Å². The van der Waals surface area contributed by atoms with E-state index in [1.165, 1.54) is 24.2 Å². The van der Waals surface area contributed by atoms with Gasteiger partial charge in [-0.25, -0.2) is 0 Å². The number of nitrogens with one attached hydrogen (secondary N) is 1. The molecule has 3 rings (SSSR count). The van der Waals surface area contributed by atoms with E-state index >= 15 is 0 Å². The van der Waals surface area contributed by atoms with Crippen molar-refractivity contribution >= 4 is 11.3 Å². The van der Waals surface area contributed by atoms with E-state index in [9.17, 15) is 0 Å². The van der Waals surface area contributed by atoms with E-state index < -0.39 is 0 Å². The van der Waals surface area contributed by atoms with Gasteiger partial charge < -0.3 is 9.84 Å². The first-order chi connectivity index (χ1) is 8.92. The molecule has 5 nitrogen and oxygen atoms in total. The number of hydrogen-bond acceptors (Lipinski definition) is 6. The van der Waals surface area contributed by atoms with Crippen molar-refractivity contribution in [1.82, 2.24) is 20.4 Å². The molecule has 0 saturated carbocycles. The second-order valence-corrected chi connectivity index (χ2v) is 5.50. The molecular formula is C12H16N4OS. The zero-order chi connectivity index (χ0) is 12.2. The molecule has 0 aromatic carbocycles. The van der Waals surface area contributed by atoms with E-state index in [1.54, 1.807) is 11.7 Å². The van der Waals surface area contributed by atoms with Gasteiger partial charge in [0.25, 0.3) is 0 Å². The van der Waals surface area contributed by atoms with Crippen LogP contribution in [0.5, 0.6) is 0 Å². The molecule has 0 bridgehead atoms. The van der Waals surface area contributed by atoms with Crippen molar-refractivity contribution in [2.24, 2.45) is 5.92 Å². The molecule has 1 fully saturated rings. The van der Waals surface area contributed by atoms with E-state index in [1.807, 2.05) is 0 Å². The minimum atomic E-state index is 0.665. The Morgan fingerprint density at radius 3 is 3.06 bits per heavy atom. The van der Waals surface area contributed by atoms with Crippen LogP contribution in [0.2, 0.25) is 0 Å². The standard InChI is InChI=1S/C12H16N4OS/c1(9-3-5-13-6-4-9)2-11-15-12(16-17-11)10-7-14-8-18-10/h7-9,13H,1-6H2. The Balaban J connectivity index is 1.57. The van der Waals surface area contributed by atoms with E-state index in [4.69, 9.17) is 4.52 Å². The number of nitrogens with zero attached hydrogens (tertiary/aromatic N) is 3. The van der Waals surface area contributed by atoms with Crippen LogP contribution in [0.15, 0.2) is 16.2 Å². The fraction of sp³-hybridized carbons (Fsp3) is 0.583. The summed E-state index contributed by atoms with van der Waals surface area (Å²) < 4.78 is 5.28. The zero-order valence-corrected chi connectivity index (χ0v) is 10.9. The minimum Gasteiger partial charge on any atom is -0.339 e. The summed E-state index contributed by atoms with van der Waals surface area (Å²) in [7, 11) is 0. The maximum Gasteiger partial charge on any atom is 0.226 e. The molecule has 1 aliphatic rings. The predicted molar refractivity (Wildman–Crippen MR) is 69.3 cm³/mol. The molecule has 0 spiro atoms. The Bertz CT molecular complexity index is 476. The van der Waals surface area contributed by atoms with Crippen LogP contribution in [-0.2, 0) is 6.42 Å². The summed E-state index contributed by atoms with van der Waals surface area (Å²) >= 11 is 1.53. The monoisotopic (exact) mass is 264 g/mol. The van der Waals surface area contributed by atoms with Gasteiger partial charge in [0.15, 0.2) is 0 Å². The van der Waals surface area contributed by atoms with E-state index in [2.05, 4.69) is 20.4 Å². The van der Waals surface area contributed by atoms with Gasteiger partial charge in [-0.05, 0) is 38.3 Å². The van der Waals surface area contributed by atoms with Crippen LogP contribution < -0.4 is 5.32 Å². The molecule has 18 heavy (non-hydrogen) atoms. The number of piperidine rings is 1. The van der Waals surface area contributed by atoms with E-state index in [-0.39, 0.29) is 0 Å². The second kappa shape index (κ2) is 5.58. The van der Waals surface area contributed by atoms with Crippen LogP contribution >= 0.6 is 11.3 Å². The highest BCUT2D eigenvalue weighted by molar-refractivity contribution is 7.13. The average molecular weight is 264 g/mol. The summed E-state index contributed by atoms with van der Waals surface area (Å²) in [6, 6.07) is 0. The molecule has 0 radical (unpaired) electrons. The van der Waals surface area contributed by atoms with Gasteiger partial charge in [-0.3, -0.25) is 4.98 Å². The second-order valence-electron chi connectivity index (χ2n) is 4.61. The number of thiazole rings is 1. The summed E-state index contributed by atoms with van der Waals surface area (Å²) in [5.41, 5.74) is 1.78. The van der Waals surface area contributed by atoms with E-state index in [0.29, 0.717) is 5.82 Å². The van der Waals surface area contributed by atoms with Gasteiger partial charge in [-0.2, -0.15) is 4.98 Å². The Hall–Kier alpha value is -1.27. The maximum atomic E-state index is 5.28. The number of aromatic nitrogens is 3. The molecule has 2 aromatic rings. The van der Waals surface area contributed by atoms with Gasteiger partial charge in [0.05, 0.1) is 10.4 Å². The van der Waals surface area contributed by atoms with Crippen LogP contribution in [0.3, 0.4) is 0 Å². The molecule has 1 saturated heterocycles. The molecule has 3 heterocycles. The van der Waals surface area contributed by atoms with Crippen molar-refractivity contribution in [2.75, 3.05) is 13.1 Å². The first-order valence-corrected chi connectivity index (χ1v) is 7.22. The van der Waals surface area contributed by atoms with Crippen molar-refractivity contribution in [1.29, 1.82) is 0 Å². The summed E-state index contributed by atoms with van der Waals surface area (Å²) in [4.78, 5) is 9.40. The lowest BCUT2D eigenvalue weighted by Gasteiger charge is -2.21. The van der Waals surface area contributed by atoms with Gasteiger partial charge in [0.2, 0.25) is 11.7 Å².